The molecule has 0 saturated carbocycles. The molecule has 2 aromatic carbocycles. The lowest BCUT2D eigenvalue weighted by atomic mass is 9.99. The van der Waals surface area contributed by atoms with Crippen molar-refractivity contribution < 1.29 is 9.59 Å². The number of nitrogens with one attached hydrogen (secondary N) is 1. The minimum atomic E-state index is -0.176. The van der Waals surface area contributed by atoms with Crippen LogP contribution in [0.2, 0.25) is 0 Å². The summed E-state index contributed by atoms with van der Waals surface area (Å²) in [6, 6.07) is 14.4. The number of fused-ring (bicyclic) bond motifs is 1. The van der Waals surface area contributed by atoms with Crippen LogP contribution in [0, 0.1) is 0 Å². The average Bonchev–Trinajstić information content (AvgIpc) is 3.05. The van der Waals surface area contributed by atoms with Crippen molar-refractivity contribution in [2.24, 2.45) is 0 Å². The lowest BCUT2D eigenvalue weighted by Gasteiger charge is -2.15. The van der Waals surface area contributed by atoms with Crippen LogP contribution in [-0.2, 0) is 16.0 Å². The Morgan fingerprint density at radius 2 is 1.84 bits per heavy atom. The van der Waals surface area contributed by atoms with E-state index in [-0.39, 0.29) is 17.9 Å². The van der Waals surface area contributed by atoms with Gasteiger partial charge in [-0.3, -0.25) is 9.59 Å². The summed E-state index contributed by atoms with van der Waals surface area (Å²) < 4.78 is 0. The van der Waals surface area contributed by atoms with Crippen LogP contribution in [0.15, 0.2) is 55.1 Å². The Bertz CT molecular complexity index is 824. The van der Waals surface area contributed by atoms with Crippen LogP contribution < -0.4 is 10.2 Å². The van der Waals surface area contributed by atoms with E-state index in [0.717, 1.165) is 35.3 Å². The van der Waals surface area contributed by atoms with Gasteiger partial charge in [-0.1, -0.05) is 36.9 Å². The summed E-state index contributed by atoms with van der Waals surface area (Å²) in [7, 11) is 0. The molecule has 0 aromatic heterocycles. The summed E-state index contributed by atoms with van der Waals surface area (Å²) in [6.45, 7) is 7.78. The van der Waals surface area contributed by atoms with Gasteiger partial charge in [0.05, 0.1) is 6.04 Å². The van der Waals surface area contributed by atoms with E-state index >= 15 is 0 Å². The van der Waals surface area contributed by atoms with E-state index in [2.05, 4.69) is 36.2 Å². The zero-order chi connectivity index (χ0) is 18.0. The van der Waals surface area contributed by atoms with Gasteiger partial charge in [0.15, 0.2) is 0 Å². The SMILES string of the molecule is C=CC(=O)N[C@H](C)c1ccc(-c2ccc3c(c2)CCN3C(C)=O)cc1. The van der Waals surface area contributed by atoms with Crippen LogP contribution in [0.25, 0.3) is 11.1 Å². The Balaban J connectivity index is 1.80. The maximum Gasteiger partial charge on any atom is 0.243 e. The number of amides is 2. The fourth-order valence-corrected chi connectivity index (χ4v) is 3.23. The van der Waals surface area contributed by atoms with Gasteiger partial charge < -0.3 is 10.2 Å². The average molecular weight is 334 g/mol. The number of nitrogens with zero attached hydrogens (tertiary/aromatic N) is 1. The second-order valence-electron chi connectivity index (χ2n) is 6.32. The minimum Gasteiger partial charge on any atom is -0.346 e. The largest absolute Gasteiger partial charge is 0.346 e. The molecule has 0 spiro atoms. The Hall–Kier alpha value is -2.88. The van der Waals surface area contributed by atoms with Crippen molar-refractivity contribution >= 4 is 17.5 Å². The Kier molecular flexibility index (Phi) is 4.70. The topological polar surface area (TPSA) is 49.4 Å². The summed E-state index contributed by atoms with van der Waals surface area (Å²) in [5, 5.41) is 2.86. The quantitative estimate of drug-likeness (QED) is 0.868. The molecule has 2 aromatic rings. The Labute approximate surface area is 148 Å². The molecule has 128 valence electrons. The predicted molar refractivity (Wildman–Crippen MR) is 100 cm³/mol. The summed E-state index contributed by atoms with van der Waals surface area (Å²) in [4.78, 5) is 24.9. The first kappa shape index (κ1) is 17.0. The molecule has 0 bridgehead atoms. The van der Waals surface area contributed by atoms with E-state index in [1.54, 1.807) is 6.92 Å². The first-order valence-corrected chi connectivity index (χ1v) is 8.44. The minimum absolute atomic E-state index is 0.0660. The maximum absolute atomic E-state index is 11.7. The third-order valence-corrected chi connectivity index (χ3v) is 4.64. The Morgan fingerprint density at radius 3 is 2.48 bits per heavy atom. The predicted octanol–water partition coefficient (Wildman–Crippen LogP) is 3.63. The molecule has 0 aliphatic carbocycles. The van der Waals surface area contributed by atoms with Crippen molar-refractivity contribution in [3.8, 4) is 11.1 Å². The summed E-state index contributed by atoms with van der Waals surface area (Å²) in [5.41, 5.74) is 5.54. The summed E-state index contributed by atoms with van der Waals surface area (Å²) >= 11 is 0. The molecule has 4 nitrogen and oxygen atoms in total. The highest BCUT2D eigenvalue weighted by atomic mass is 16.2. The van der Waals surface area contributed by atoms with E-state index < -0.39 is 0 Å². The molecule has 1 heterocycles. The van der Waals surface area contributed by atoms with Crippen molar-refractivity contribution in [1.82, 2.24) is 5.32 Å². The summed E-state index contributed by atoms with van der Waals surface area (Å²) in [6.07, 6.45) is 2.17. The van der Waals surface area contributed by atoms with Gasteiger partial charge in [0.1, 0.15) is 0 Å². The molecule has 1 aliphatic heterocycles. The van der Waals surface area contributed by atoms with Crippen LogP contribution in [0.1, 0.15) is 31.0 Å². The molecule has 3 rings (SSSR count). The molecule has 0 unspecified atom stereocenters. The van der Waals surface area contributed by atoms with Crippen LogP contribution in [-0.4, -0.2) is 18.4 Å². The van der Waals surface area contributed by atoms with Crippen LogP contribution in [0.4, 0.5) is 5.69 Å². The summed E-state index contributed by atoms with van der Waals surface area (Å²) in [5.74, 6) is -0.0864. The second kappa shape index (κ2) is 6.93. The molecule has 1 aliphatic rings. The monoisotopic (exact) mass is 334 g/mol. The fraction of sp³-hybridized carbons (Fsp3) is 0.238. The Morgan fingerprint density at radius 1 is 1.16 bits per heavy atom. The first-order valence-electron chi connectivity index (χ1n) is 8.44. The molecule has 0 radical (unpaired) electrons. The van der Waals surface area contributed by atoms with Gasteiger partial charge in [-0.05, 0) is 53.8 Å². The van der Waals surface area contributed by atoms with Gasteiger partial charge in [-0.25, -0.2) is 0 Å². The number of hydrogen-bond acceptors (Lipinski definition) is 2. The fourth-order valence-electron chi connectivity index (χ4n) is 3.23. The molecule has 1 atom stereocenters. The third-order valence-electron chi connectivity index (χ3n) is 4.64. The molecular weight excluding hydrogens is 312 g/mol. The molecule has 0 saturated heterocycles. The first-order chi connectivity index (χ1) is 12.0. The number of benzene rings is 2. The van der Waals surface area contributed by atoms with E-state index in [0.29, 0.717) is 0 Å². The highest BCUT2D eigenvalue weighted by molar-refractivity contribution is 5.94. The van der Waals surface area contributed by atoms with Crippen molar-refractivity contribution in [3.05, 3.63) is 66.2 Å². The van der Waals surface area contributed by atoms with E-state index in [9.17, 15) is 9.59 Å². The zero-order valence-electron chi connectivity index (χ0n) is 14.6. The van der Waals surface area contributed by atoms with E-state index in [1.165, 1.54) is 11.6 Å². The van der Waals surface area contributed by atoms with Crippen molar-refractivity contribution in [3.63, 3.8) is 0 Å². The smallest absolute Gasteiger partial charge is 0.243 e. The molecule has 4 heteroatoms. The number of hydrogen-bond donors (Lipinski definition) is 1. The number of carbonyl (C=O) groups excluding carboxylic acids is 2. The molecule has 25 heavy (non-hydrogen) atoms. The standard InChI is InChI=1S/C21H22N2O2/c1-4-21(25)22-14(2)16-5-7-17(8-6-16)18-9-10-20-19(13-18)11-12-23(20)15(3)24/h4-10,13-14H,1,11-12H2,2-3H3,(H,22,25)/t14-/m1/s1. The highest BCUT2D eigenvalue weighted by Crippen LogP contribution is 2.32. The lowest BCUT2D eigenvalue weighted by molar-refractivity contribution is -0.117. The van der Waals surface area contributed by atoms with E-state index in [4.69, 9.17) is 0 Å². The van der Waals surface area contributed by atoms with Gasteiger partial charge >= 0.3 is 0 Å². The molecule has 2 amide bonds. The maximum atomic E-state index is 11.7. The number of anilines is 1. The normalized spacial score (nSPS) is 13.9. The van der Waals surface area contributed by atoms with Crippen LogP contribution in [0.5, 0.6) is 0 Å². The third kappa shape index (κ3) is 3.48. The van der Waals surface area contributed by atoms with E-state index in [1.807, 2.05) is 30.0 Å². The number of rotatable bonds is 4. The lowest BCUT2D eigenvalue weighted by Crippen LogP contribution is -2.25. The van der Waals surface area contributed by atoms with Gasteiger partial charge in [0, 0.05) is 19.2 Å². The van der Waals surface area contributed by atoms with Gasteiger partial charge in [0.25, 0.3) is 0 Å². The van der Waals surface area contributed by atoms with Crippen molar-refractivity contribution in [1.29, 1.82) is 0 Å². The second-order valence-corrected chi connectivity index (χ2v) is 6.32. The van der Waals surface area contributed by atoms with Crippen LogP contribution in [0.3, 0.4) is 0 Å². The van der Waals surface area contributed by atoms with Crippen molar-refractivity contribution in [2.45, 2.75) is 26.3 Å². The van der Waals surface area contributed by atoms with Crippen LogP contribution >= 0.6 is 0 Å². The number of carbonyl (C=O) groups is 2. The van der Waals surface area contributed by atoms with Gasteiger partial charge in [0.2, 0.25) is 11.8 Å². The molecule has 1 N–H and O–H groups in total. The zero-order valence-corrected chi connectivity index (χ0v) is 14.6. The molecule has 0 fully saturated rings. The van der Waals surface area contributed by atoms with Gasteiger partial charge in [-0.15, -0.1) is 0 Å². The highest BCUT2D eigenvalue weighted by Gasteiger charge is 2.22. The van der Waals surface area contributed by atoms with Crippen molar-refractivity contribution in [2.75, 3.05) is 11.4 Å². The molecular formula is C21H22N2O2. The van der Waals surface area contributed by atoms with Gasteiger partial charge in [-0.2, -0.15) is 0 Å².